The number of fused-ring (bicyclic) bond motifs is 3. The Morgan fingerprint density at radius 2 is 1.62 bits per heavy atom. The van der Waals surface area contributed by atoms with Crippen LogP contribution in [0.25, 0.3) is 21.8 Å². The van der Waals surface area contributed by atoms with E-state index in [2.05, 4.69) is 28.8 Å². The summed E-state index contributed by atoms with van der Waals surface area (Å²) in [5.74, 6) is -0.262. The molecule has 0 unspecified atom stereocenters. The summed E-state index contributed by atoms with van der Waals surface area (Å²) in [5.41, 5.74) is 3.08. The van der Waals surface area contributed by atoms with Gasteiger partial charge >= 0.3 is 13.2 Å². The van der Waals surface area contributed by atoms with E-state index in [1.165, 1.54) is 6.92 Å². The summed E-state index contributed by atoms with van der Waals surface area (Å²) in [6.45, 7) is 4.23. The lowest BCUT2D eigenvalue weighted by molar-refractivity contribution is -0.140. The molecule has 0 fully saturated rings. The van der Waals surface area contributed by atoms with Crippen molar-refractivity contribution in [3.05, 3.63) is 48.0 Å². The van der Waals surface area contributed by atoms with E-state index in [9.17, 15) is 26.9 Å². The van der Waals surface area contributed by atoms with Gasteiger partial charge < -0.3 is 26.7 Å². The molecule has 5 nitrogen and oxygen atoms in total. The lowest BCUT2D eigenvalue weighted by Crippen LogP contribution is -2.24. The molecule has 0 saturated heterocycles. The number of hydrogen-bond acceptors (Lipinski definition) is 4. The van der Waals surface area contributed by atoms with E-state index < -0.39 is 13.2 Å². The van der Waals surface area contributed by atoms with Crippen LogP contribution in [0.2, 0.25) is 0 Å². The molecule has 0 saturated carbocycles. The number of oxime groups is 1. The topological polar surface area (TPSA) is 60.7 Å². The van der Waals surface area contributed by atoms with Gasteiger partial charge in [0.2, 0.25) is 5.78 Å². The molecule has 0 atom stereocenters. The first kappa shape index (κ1) is 25.4. The van der Waals surface area contributed by atoms with E-state index in [0.717, 1.165) is 28.4 Å². The van der Waals surface area contributed by atoms with Gasteiger partial charge in [-0.05, 0) is 42.1 Å². The number of nitrogens with zero attached hydrogens (tertiary/aromatic N) is 2. The molecular weight excluding hydrogens is 447 g/mol. The first-order valence-electron chi connectivity index (χ1n) is 9.64. The minimum absolute atomic E-state index is 0.0484. The maximum absolute atomic E-state index is 13.0. The van der Waals surface area contributed by atoms with Crippen LogP contribution in [-0.2, 0) is 27.1 Å². The zero-order chi connectivity index (χ0) is 24.1. The first-order valence-corrected chi connectivity index (χ1v) is 11.8. The number of carbonyl (C=O) groups is 2. The van der Waals surface area contributed by atoms with E-state index in [4.69, 9.17) is 4.84 Å². The van der Waals surface area contributed by atoms with Crippen molar-refractivity contribution >= 4 is 57.4 Å². The number of rotatable bonds is 6. The fourth-order valence-electron chi connectivity index (χ4n) is 3.23. The summed E-state index contributed by atoms with van der Waals surface area (Å²) in [4.78, 5) is 28.9. The molecule has 0 N–H and O–H groups in total. The molecule has 0 aliphatic carbocycles. The van der Waals surface area contributed by atoms with Gasteiger partial charge in [0.05, 0.1) is 12.5 Å². The maximum Gasteiger partial charge on any atom is 0.673 e. The van der Waals surface area contributed by atoms with Crippen LogP contribution in [-0.4, -0.2) is 47.6 Å². The van der Waals surface area contributed by atoms with Gasteiger partial charge in [0.25, 0.3) is 0 Å². The van der Waals surface area contributed by atoms with Gasteiger partial charge in [-0.3, -0.25) is 4.79 Å². The molecule has 0 spiro atoms. The Morgan fingerprint density at radius 1 is 1.03 bits per heavy atom. The Bertz CT molecular complexity index is 1150. The fraction of sp³-hybridized carbons (Fsp3) is 0.286. The molecule has 0 amide bonds. The molecule has 1 heterocycles. The lowest BCUT2D eigenvalue weighted by atomic mass is 10.0. The van der Waals surface area contributed by atoms with Crippen molar-refractivity contribution in [1.82, 2.24) is 4.57 Å². The highest BCUT2D eigenvalue weighted by Crippen LogP contribution is 2.29. The monoisotopic (exact) mass is 470 g/mol. The highest BCUT2D eigenvalue weighted by molar-refractivity contribution is 7.96. The zero-order valence-electron chi connectivity index (χ0n) is 18.1. The summed E-state index contributed by atoms with van der Waals surface area (Å²) in [6.07, 6.45) is 4.04. The molecule has 3 aromatic rings. The maximum atomic E-state index is 13.0. The molecule has 0 aliphatic heterocycles. The molecule has 2 aromatic carbocycles. The molecule has 0 aliphatic rings. The van der Waals surface area contributed by atoms with E-state index in [1.54, 1.807) is 0 Å². The van der Waals surface area contributed by atoms with Crippen molar-refractivity contribution in [2.45, 2.75) is 20.4 Å². The second kappa shape index (κ2) is 10.7. The minimum Gasteiger partial charge on any atom is -0.418 e. The Kier molecular flexibility index (Phi) is 8.48. The number of benzene rings is 2. The predicted molar refractivity (Wildman–Crippen MR) is 123 cm³/mol. The van der Waals surface area contributed by atoms with Crippen molar-refractivity contribution in [2.24, 2.45) is 5.16 Å². The summed E-state index contributed by atoms with van der Waals surface area (Å²) in [6, 6.07) is 13.9. The lowest BCUT2D eigenvalue weighted by Gasteiger charge is -2.05. The molecule has 3 rings (SSSR count). The summed E-state index contributed by atoms with van der Waals surface area (Å²) < 4.78 is 41.2. The van der Waals surface area contributed by atoms with Gasteiger partial charge in [-0.2, -0.15) is 0 Å². The molecule has 32 heavy (non-hydrogen) atoms. The van der Waals surface area contributed by atoms with Gasteiger partial charge in [0.15, 0.2) is 11.5 Å². The normalized spacial score (nSPS) is 12.1. The van der Waals surface area contributed by atoms with Crippen LogP contribution < -0.4 is 0 Å². The van der Waals surface area contributed by atoms with Crippen LogP contribution in [0.15, 0.2) is 47.6 Å². The van der Waals surface area contributed by atoms with Gasteiger partial charge in [0.1, 0.15) is 0 Å². The van der Waals surface area contributed by atoms with E-state index in [-0.39, 0.29) is 22.4 Å². The van der Waals surface area contributed by atoms with Gasteiger partial charge in [0, 0.05) is 40.8 Å². The Balaban J connectivity index is 0.000000654. The molecular formula is C21H23BF4N2O3S. The van der Waals surface area contributed by atoms with Crippen LogP contribution in [0.3, 0.4) is 0 Å². The average Bonchev–Trinajstić information content (AvgIpc) is 3.02. The fourth-order valence-corrected chi connectivity index (χ4v) is 3.96. The van der Waals surface area contributed by atoms with Crippen molar-refractivity contribution in [3.8, 4) is 0 Å². The van der Waals surface area contributed by atoms with Gasteiger partial charge in [-0.1, -0.05) is 23.4 Å². The smallest absolute Gasteiger partial charge is 0.418 e. The number of halogens is 4. The third kappa shape index (κ3) is 6.84. The SMILES string of the molecule is CCn1c2ccccc2c2cc(C(=O)C(C[S+](C)C)=NOC(C)=O)ccc21.F[B-](F)(F)F. The van der Waals surface area contributed by atoms with Crippen molar-refractivity contribution in [3.63, 3.8) is 0 Å². The van der Waals surface area contributed by atoms with Crippen LogP contribution in [0.4, 0.5) is 17.3 Å². The van der Waals surface area contributed by atoms with Crippen LogP contribution >= 0.6 is 0 Å². The Labute approximate surface area is 185 Å². The Hall–Kier alpha value is -2.82. The van der Waals surface area contributed by atoms with Gasteiger partial charge in [-0.25, -0.2) is 4.79 Å². The molecule has 0 bridgehead atoms. The number of ketones is 1. The van der Waals surface area contributed by atoms with Crippen LogP contribution in [0, 0.1) is 0 Å². The number of Topliss-reactive ketones (excluding diaryl/α,β-unsaturated/α-hetero) is 1. The quantitative estimate of drug-likeness (QED) is 0.0959. The van der Waals surface area contributed by atoms with Crippen LogP contribution in [0.1, 0.15) is 24.2 Å². The average molecular weight is 470 g/mol. The molecule has 172 valence electrons. The first-order chi connectivity index (χ1) is 14.9. The summed E-state index contributed by atoms with van der Waals surface area (Å²) in [5, 5.41) is 5.98. The van der Waals surface area contributed by atoms with E-state index in [1.807, 2.05) is 42.8 Å². The largest absolute Gasteiger partial charge is 0.673 e. The number of carbonyl (C=O) groups excluding carboxylic acids is 2. The highest BCUT2D eigenvalue weighted by Gasteiger charge is 2.23. The minimum atomic E-state index is -6.00. The predicted octanol–water partition coefficient (Wildman–Crippen LogP) is 5.09. The second-order valence-electron chi connectivity index (χ2n) is 7.07. The van der Waals surface area contributed by atoms with Gasteiger partial charge in [-0.15, -0.1) is 0 Å². The van der Waals surface area contributed by atoms with Crippen molar-refractivity contribution < 1.29 is 31.7 Å². The van der Waals surface area contributed by atoms with Crippen LogP contribution in [0.5, 0.6) is 0 Å². The summed E-state index contributed by atoms with van der Waals surface area (Å²) >= 11 is 0. The highest BCUT2D eigenvalue weighted by atomic mass is 32.2. The molecule has 0 radical (unpaired) electrons. The number of hydrogen-bond donors (Lipinski definition) is 0. The zero-order valence-corrected chi connectivity index (χ0v) is 18.9. The van der Waals surface area contributed by atoms with Crippen molar-refractivity contribution in [2.75, 3.05) is 18.3 Å². The van der Waals surface area contributed by atoms with Crippen molar-refractivity contribution in [1.29, 1.82) is 0 Å². The van der Waals surface area contributed by atoms with E-state index in [0.29, 0.717) is 11.3 Å². The third-order valence-corrected chi connectivity index (χ3v) is 5.17. The second-order valence-corrected chi connectivity index (χ2v) is 9.33. The third-order valence-electron chi connectivity index (χ3n) is 4.32. The number of para-hydroxylation sites is 1. The standard InChI is InChI=1S/C21H23N2O3S.BF4/c1-5-23-19-9-7-6-8-16(19)17-12-15(10-11-20(17)23)21(25)18(13-27(3)4)22-26-14(2)24;2-1(3,4)5/h6-12H,5,13H2,1-4H3;/q+1;-1. The molecule has 1 aromatic heterocycles. The van der Waals surface area contributed by atoms with E-state index >= 15 is 0 Å². The molecule has 11 heteroatoms. The number of aromatic nitrogens is 1. The summed E-state index contributed by atoms with van der Waals surface area (Å²) in [7, 11) is -6.05. The number of aryl methyl sites for hydroxylation is 1. The Morgan fingerprint density at radius 3 is 2.19 bits per heavy atom.